The van der Waals surface area contributed by atoms with E-state index in [4.69, 9.17) is 16.3 Å². The summed E-state index contributed by atoms with van der Waals surface area (Å²) in [6.07, 6.45) is 2.19. The average molecular weight is 391 g/mol. The van der Waals surface area contributed by atoms with Gasteiger partial charge in [0, 0.05) is 49.2 Å². The molecule has 1 aliphatic carbocycles. The highest BCUT2D eigenvalue weighted by Gasteiger charge is 2.46. The molecule has 1 aromatic rings. The molecular formula is C21H27ClN2O3. The smallest absolute Gasteiger partial charge is 0.173 e. The van der Waals surface area contributed by atoms with Gasteiger partial charge in [0.15, 0.2) is 5.78 Å². The molecule has 2 fully saturated rings. The van der Waals surface area contributed by atoms with E-state index in [0.717, 1.165) is 38.3 Å². The number of rotatable bonds is 3. The lowest BCUT2D eigenvalue weighted by atomic mass is 9.72. The molecule has 0 radical (unpaired) electrons. The van der Waals surface area contributed by atoms with Gasteiger partial charge in [-0.05, 0) is 26.0 Å². The molecule has 0 bridgehead atoms. The van der Waals surface area contributed by atoms with Gasteiger partial charge in [0.25, 0.3) is 0 Å². The maximum absolute atomic E-state index is 13.2. The highest BCUT2D eigenvalue weighted by atomic mass is 35.5. The standard InChI is InChI=1S/C21H27ClN2O3/c1-23-8-10-24(11-9-23)12-16-19(25)7-6-15-20(26)17(13-27-21(15)16)14-4-2-3-5-18(14)22/h2-5,13,15-16,19,21,25H,6-12H2,1H3. The molecule has 4 rings (SSSR count). The molecule has 2 heterocycles. The van der Waals surface area contributed by atoms with Crippen LogP contribution in [-0.2, 0) is 9.53 Å². The van der Waals surface area contributed by atoms with Gasteiger partial charge in [0.2, 0.25) is 0 Å². The first-order valence-electron chi connectivity index (χ1n) is 9.78. The van der Waals surface area contributed by atoms with Crippen LogP contribution in [-0.4, -0.2) is 72.7 Å². The summed E-state index contributed by atoms with van der Waals surface area (Å²) >= 11 is 6.29. The molecule has 3 aliphatic rings. The lowest BCUT2D eigenvalue weighted by molar-refractivity contribution is -0.133. The van der Waals surface area contributed by atoms with Crippen molar-refractivity contribution in [1.82, 2.24) is 9.80 Å². The van der Waals surface area contributed by atoms with E-state index in [1.54, 1.807) is 12.3 Å². The zero-order chi connectivity index (χ0) is 19.0. The van der Waals surface area contributed by atoms with Crippen molar-refractivity contribution in [2.24, 2.45) is 11.8 Å². The highest BCUT2D eigenvalue weighted by Crippen LogP contribution is 2.40. The van der Waals surface area contributed by atoms with E-state index in [-0.39, 0.29) is 23.7 Å². The lowest BCUT2D eigenvalue weighted by Crippen LogP contribution is -2.54. The number of carbonyl (C=O) groups is 1. The van der Waals surface area contributed by atoms with Crippen LogP contribution in [0, 0.1) is 11.8 Å². The number of hydrogen-bond acceptors (Lipinski definition) is 5. The molecule has 4 atom stereocenters. The largest absolute Gasteiger partial charge is 0.496 e. The molecule has 146 valence electrons. The number of aliphatic hydroxyl groups is 1. The van der Waals surface area contributed by atoms with Crippen LogP contribution in [0.2, 0.25) is 5.02 Å². The molecular weight excluding hydrogens is 364 g/mol. The number of nitrogens with zero attached hydrogens (tertiary/aromatic N) is 2. The number of carbonyl (C=O) groups excluding carboxylic acids is 1. The van der Waals surface area contributed by atoms with Gasteiger partial charge in [-0.25, -0.2) is 0 Å². The number of benzene rings is 1. The number of likely N-dealkylation sites (N-methyl/N-ethyl adjacent to an activating group) is 1. The first kappa shape index (κ1) is 18.9. The molecule has 1 saturated heterocycles. The fraction of sp³-hybridized carbons (Fsp3) is 0.571. The number of fused-ring (bicyclic) bond motifs is 1. The maximum Gasteiger partial charge on any atom is 0.173 e. The van der Waals surface area contributed by atoms with E-state index in [9.17, 15) is 9.90 Å². The van der Waals surface area contributed by atoms with E-state index in [1.807, 2.05) is 18.2 Å². The second kappa shape index (κ2) is 7.92. The first-order valence-corrected chi connectivity index (χ1v) is 10.2. The van der Waals surface area contributed by atoms with E-state index in [0.29, 0.717) is 23.4 Å². The molecule has 0 spiro atoms. The molecule has 27 heavy (non-hydrogen) atoms. The summed E-state index contributed by atoms with van der Waals surface area (Å²) in [5.74, 6) is -0.156. The van der Waals surface area contributed by atoms with Gasteiger partial charge in [-0.15, -0.1) is 0 Å². The van der Waals surface area contributed by atoms with Gasteiger partial charge in [0.1, 0.15) is 6.10 Å². The summed E-state index contributed by atoms with van der Waals surface area (Å²) in [5, 5.41) is 11.2. The van der Waals surface area contributed by atoms with Crippen LogP contribution in [0.1, 0.15) is 18.4 Å². The number of hydrogen-bond donors (Lipinski definition) is 1. The van der Waals surface area contributed by atoms with Crippen molar-refractivity contribution in [3.63, 3.8) is 0 Å². The van der Waals surface area contributed by atoms with Crippen molar-refractivity contribution >= 4 is 23.0 Å². The van der Waals surface area contributed by atoms with Crippen molar-refractivity contribution in [2.75, 3.05) is 39.8 Å². The molecule has 4 unspecified atom stereocenters. The third-order valence-corrected chi connectivity index (χ3v) is 6.59. The summed E-state index contributed by atoms with van der Waals surface area (Å²) in [6, 6.07) is 7.38. The third-order valence-electron chi connectivity index (χ3n) is 6.26. The second-order valence-corrected chi connectivity index (χ2v) is 8.40. The highest BCUT2D eigenvalue weighted by molar-refractivity contribution is 6.35. The molecule has 0 amide bonds. The SMILES string of the molecule is CN1CCN(CC2C(O)CCC3C(=O)C(c4ccccc4Cl)=COC32)CC1. The summed E-state index contributed by atoms with van der Waals surface area (Å²) in [6.45, 7) is 4.83. The Kier molecular flexibility index (Phi) is 5.55. The monoisotopic (exact) mass is 390 g/mol. The second-order valence-electron chi connectivity index (χ2n) is 8.00. The molecule has 6 heteroatoms. The van der Waals surface area contributed by atoms with E-state index < -0.39 is 6.10 Å². The van der Waals surface area contributed by atoms with Gasteiger partial charge in [-0.1, -0.05) is 29.8 Å². The number of allylic oxidation sites excluding steroid dienone is 1. The molecule has 0 aromatic heterocycles. The fourth-order valence-corrected chi connectivity index (χ4v) is 4.79. The Morgan fingerprint density at radius 2 is 1.93 bits per heavy atom. The number of ether oxygens (including phenoxy) is 1. The quantitative estimate of drug-likeness (QED) is 0.858. The van der Waals surface area contributed by atoms with Gasteiger partial charge in [0.05, 0.1) is 23.9 Å². The van der Waals surface area contributed by atoms with Crippen molar-refractivity contribution in [3.05, 3.63) is 41.1 Å². The zero-order valence-corrected chi connectivity index (χ0v) is 16.4. The van der Waals surface area contributed by atoms with Crippen molar-refractivity contribution < 1.29 is 14.6 Å². The molecule has 1 aromatic carbocycles. The van der Waals surface area contributed by atoms with E-state index in [2.05, 4.69) is 16.8 Å². The van der Waals surface area contributed by atoms with E-state index >= 15 is 0 Å². The van der Waals surface area contributed by atoms with Crippen LogP contribution in [0.4, 0.5) is 0 Å². The van der Waals surface area contributed by atoms with Crippen LogP contribution < -0.4 is 0 Å². The fourth-order valence-electron chi connectivity index (χ4n) is 4.56. The predicted octanol–water partition coefficient (Wildman–Crippen LogP) is 2.28. The normalized spacial score (nSPS) is 32.6. The summed E-state index contributed by atoms with van der Waals surface area (Å²) in [5.41, 5.74) is 1.28. The number of aliphatic hydroxyl groups excluding tert-OH is 1. The van der Waals surface area contributed by atoms with Crippen molar-refractivity contribution in [1.29, 1.82) is 0 Å². The zero-order valence-electron chi connectivity index (χ0n) is 15.7. The molecule has 1 saturated carbocycles. The van der Waals surface area contributed by atoms with Crippen LogP contribution in [0.3, 0.4) is 0 Å². The maximum atomic E-state index is 13.2. The minimum Gasteiger partial charge on any atom is -0.496 e. The summed E-state index contributed by atoms with van der Waals surface area (Å²) in [4.78, 5) is 17.9. The van der Waals surface area contributed by atoms with Crippen LogP contribution in [0.5, 0.6) is 0 Å². The predicted molar refractivity (Wildman–Crippen MR) is 105 cm³/mol. The van der Waals surface area contributed by atoms with Gasteiger partial charge in [-0.3, -0.25) is 4.79 Å². The Hall–Kier alpha value is -1.40. The Labute approximate surface area is 165 Å². The van der Waals surface area contributed by atoms with E-state index in [1.165, 1.54) is 0 Å². The Bertz CT molecular complexity index is 730. The van der Waals surface area contributed by atoms with Crippen molar-refractivity contribution in [2.45, 2.75) is 25.0 Å². The Balaban J connectivity index is 1.53. The summed E-state index contributed by atoms with van der Waals surface area (Å²) in [7, 11) is 2.13. The Morgan fingerprint density at radius 1 is 1.19 bits per heavy atom. The van der Waals surface area contributed by atoms with Gasteiger partial charge < -0.3 is 19.6 Å². The lowest BCUT2D eigenvalue weighted by Gasteiger charge is -2.44. The number of ketones is 1. The average Bonchev–Trinajstić information content (AvgIpc) is 2.67. The topological polar surface area (TPSA) is 53.0 Å². The van der Waals surface area contributed by atoms with Crippen LogP contribution in [0.25, 0.3) is 5.57 Å². The minimum atomic E-state index is -0.422. The Morgan fingerprint density at radius 3 is 2.67 bits per heavy atom. The minimum absolute atomic E-state index is 0.0415. The van der Waals surface area contributed by atoms with Crippen LogP contribution in [0.15, 0.2) is 30.5 Å². The number of halogens is 1. The number of piperazine rings is 1. The molecule has 1 N–H and O–H groups in total. The molecule has 2 aliphatic heterocycles. The van der Waals surface area contributed by atoms with Crippen molar-refractivity contribution in [3.8, 4) is 0 Å². The van der Waals surface area contributed by atoms with Gasteiger partial charge in [-0.2, -0.15) is 0 Å². The summed E-state index contributed by atoms with van der Waals surface area (Å²) < 4.78 is 6.08. The first-order chi connectivity index (χ1) is 13.0. The number of Topliss-reactive ketones (excluding diaryl/α,β-unsaturated/α-hetero) is 1. The van der Waals surface area contributed by atoms with Crippen LogP contribution >= 0.6 is 11.6 Å². The molecule has 5 nitrogen and oxygen atoms in total. The third kappa shape index (κ3) is 3.79. The van der Waals surface area contributed by atoms with Gasteiger partial charge >= 0.3 is 0 Å².